The van der Waals surface area contributed by atoms with E-state index in [1.165, 1.54) is 14.2 Å². The minimum atomic E-state index is -0.383. The number of hydrogen-bond acceptors (Lipinski definition) is 5. The topological polar surface area (TPSA) is 65.5 Å². The lowest BCUT2D eigenvalue weighted by molar-refractivity contribution is -0.141. The van der Waals surface area contributed by atoms with Gasteiger partial charge in [0.15, 0.2) is 0 Å². The molecular weight excluding hydrogens is 222 g/mol. The highest BCUT2D eigenvalue weighted by molar-refractivity contribution is 5.84. The zero-order valence-corrected chi connectivity index (χ0v) is 9.93. The summed E-state index contributed by atoms with van der Waals surface area (Å²) in [6.45, 7) is 0. The van der Waals surface area contributed by atoms with Crippen LogP contribution < -0.4 is 4.74 Å². The summed E-state index contributed by atoms with van der Waals surface area (Å²) in [5.74, 6) is 0.137. The van der Waals surface area contributed by atoms with Crippen LogP contribution in [-0.4, -0.2) is 31.0 Å². The molecule has 0 saturated carbocycles. The molecule has 1 aromatic heterocycles. The molecular formula is C12H15NO4. The summed E-state index contributed by atoms with van der Waals surface area (Å²) < 4.78 is 9.55. The Kier molecular flexibility index (Phi) is 5.13. The first-order valence-electron chi connectivity index (χ1n) is 5.23. The minimum Gasteiger partial charge on any atom is -0.495 e. The van der Waals surface area contributed by atoms with Crippen LogP contribution in [0.5, 0.6) is 5.75 Å². The first-order chi connectivity index (χ1) is 8.17. The van der Waals surface area contributed by atoms with Crippen molar-refractivity contribution in [3.63, 3.8) is 0 Å². The molecule has 0 fully saturated rings. The predicted octanol–water partition coefficient (Wildman–Crippen LogP) is 1.15. The second-order valence-corrected chi connectivity index (χ2v) is 3.44. The molecule has 0 aromatic carbocycles. The molecule has 0 saturated heterocycles. The lowest BCUT2D eigenvalue weighted by atomic mass is 10.1. The highest BCUT2D eigenvalue weighted by Crippen LogP contribution is 2.15. The molecule has 0 atom stereocenters. The van der Waals surface area contributed by atoms with Gasteiger partial charge < -0.3 is 9.47 Å². The normalized spacial score (nSPS) is 9.76. The third-order valence-electron chi connectivity index (χ3n) is 2.27. The van der Waals surface area contributed by atoms with Gasteiger partial charge >= 0.3 is 5.97 Å². The Hall–Kier alpha value is -1.91. The van der Waals surface area contributed by atoms with Crippen LogP contribution in [0.2, 0.25) is 0 Å². The molecule has 0 aliphatic heterocycles. The van der Waals surface area contributed by atoms with Gasteiger partial charge in [0.05, 0.1) is 32.8 Å². The van der Waals surface area contributed by atoms with Crippen LogP contribution in [0.15, 0.2) is 18.3 Å². The number of hydrogen-bond donors (Lipinski definition) is 0. The van der Waals surface area contributed by atoms with Crippen molar-refractivity contribution in [2.45, 2.75) is 19.3 Å². The number of carbonyl (C=O) groups excluding carboxylic acids is 2. The second kappa shape index (κ2) is 6.62. The van der Waals surface area contributed by atoms with E-state index in [1.54, 1.807) is 18.3 Å². The van der Waals surface area contributed by atoms with Gasteiger partial charge in [-0.1, -0.05) is 0 Å². The van der Waals surface area contributed by atoms with E-state index in [9.17, 15) is 9.59 Å². The van der Waals surface area contributed by atoms with Gasteiger partial charge in [0.1, 0.15) is 11.5 Å². The molecule has 0 bridgehead atoms. The molecule has 0 aliphatic rings. The summed E-state index contributed by atoms with van der Waals surface area (Å²) in [7, 11) is 2.83. The van der Waals surface area contributed by atoms with Gasteiger partial charge in [-0.15, -0.1) is 0 Å². The van der Waals surface area contributed by atoms with Gasteiger partial charge in [0.2, 0.25) is 0 Å². The van der Waals surface area contributed by atoms with Crippen molar-refractivity contribution in [1.82, 2.24) is 4.98 Å². The SMILES string of the molecule is COC(=O)CCC(=O)Cc1ncccc1OC. The average Bonchev–Trinajstić information content (AvgIpc) is 2.36. The van der Waals surface area contributed by atoms with Crippen LogP contribution in [0.25, 0.3) is 0 Å². The summed E-state index contributed by atoms with van der Waals surface area (Å²) in [6.07, 6.45) is 2.03. The van der Waals surface area contributed by atoms with E-state index in [-0.39, 0.29) is 31.0 Å². The standard InChI is InChI=1S/C12H15NO4/c1-16-11-4-3-7-13-10(11)8-9(14)5-6-12(15)17-2/h3-4,7H,5-6,8H2,1-2H3. The molecule has 1 aromatic rings. The molecule has 5 nitrogen and oxygen atoms in total. The number of rotatable bonds is 6. The van der Waals surface area contributed by atoms with Crippen molar-refractivity contribution in [2.75, 3.05) is 14.2 Å². The van der Waals surface area contributed by atoms with Crippen molar-refractivity contribution in [2.24, 2.45) is 0 Å². The summed E-state index contributed by atoms with van der Waals surface area (Å²) in [5.41, 5.74) is 0.588. The van der Waals surface area contributed by atoms with E-state index in [1.807, 2.05) is 0 Å². The zero-order valence-electron chi connectivity index (χ0n) is 9.93. The molecule has 92 valence electrons. The first-order valence-corrected chi connectivity index (χ1v) is 5.23. The van der Waals surface area contributed by atoms with Crippen LogP contribution in [0.1, 0.15) is 18.5 Å². The van der Waals surface area contributed by atoms with Crippen molar-refractivity contribution >= 4 is 11.8 Å². The van der Waals surface area contributed by atoms with Gasteiger partial charge in [-0.25, -0.2) is 0 Å². The van der Waals surface area contributed by atoms with Gasteiger partial charge in [-0.2, -0.15) is 0 Å². The molecule has 0 amide bonds. The number of esters is 1. The van der Waals surface area contributed by atoms with Crippen LogP contribution in [0, 0.1) is 0 Å². The maximum atomic E-state index is 11.6. The highest BCUT2D eigenvalue weighted by atomic mass is 16.5. The summed E-state index contributed by atoms with van der Waals surface area (Å²) >= 11 is 0. The molecule has 1 rings (SSSR count). The third-order valence-corrected chi connectivity index (χ3v) is 2.27. The van der Waals surface area contributed by atoms with E-state index >= 15 is 0 Å². The lowest BCUT2D eigenvalue weighted by Gasteiger charge is -2.05. The van der Waals surface area contributed by atoms with Crippen molar-refractivity contribution in [3.8, 4) is 5.75 Å². The van der Waals surface area contributed by atoms with Gasteiger partial charge in [-0.3, -0.25) is 14.6 Å². The number of carbonyl (C=O) groups is 2. The molecule has 0 N–H and O–H groups in total. The van der Waals surface area contributed by atoms with Crippen LogP contribution >= 0.6 is 0 Å². The number of Topliss-reactive ketones (excluding diaryl/α,β-unsaturated/α-hetero) is 1. The van der Waals surface area contributed by atoms with Gasteiger partial charge in [-0.05, 0) is 12.1 Å². The Labute approximate surface area is 99.8 Å². The third kappa shape index (κ3) is 4.22. The molecule has 0 aliphatic carbocycles. The van der Waals surface area contributed by atoms with Crippen LogP contribution in [-0.2, 0) is 20.7 Å². The second-order valence-electron chi connectivity index (χ2n) is 3.44. The fourth-order valence-corrected chi connectivity index (χ4v) is 1.36. The number of aromatic nitrogens is 1. The maximum absolute atomic E-state index is 11.6. The maximum Gasteiger partial charge on any atom is 0.305 e. The summed E-state index contributed by atoms with van der Waals surface area (Å²) in [5, 5.41) is 0. The van der Waals surface area contributed by atoms with Crippen molar-refractivity contribution in [3.05, 3.63) is 24.0 Å². The van der Waals surface area contributed by atoms with E-state index < -0.39 is 0 Å². The highest BCUT2D eigenvalue weighted by Gasteiger charge is 2.11. The Morgan fingerprint density at radius 3 is 2.71 bits per heavy atom. The molecule has 0 radical (unpaired) electrons. The molecule has 5 heteroatoms. The fourth-order valence-electron chi connectivity index (χ4n) is 1.36. The quantitative estimate of drug-likeness (QED) is 0.694. The largest absolute Gasteiger partial charge is 0.495 e. The summed E-state index contributed by atoms with van der Waals surface area (Å²) in [4.78, 5) is 26.5. The smallest absolute Gasteiger partial charge is 0.305 e. The molecule has 17 heavy (non-hydrogen) atoms. The molecule has 0 spiro atoms. The minimum absolute atomic E-state index is 0.0626. The van der Waals surface area contributed by atoms with Crippen molar-refractivity contribution in [1.29, 1.82) is 0 Å². The number of pyridine rings is 1. The lowest BCUT2D eigenvalue weighted by Crippen LogP contribution is -2.09. The Balaban J connectivity index is 2.53. The Bertz CT molecular complexity index is 403. The number of ether oxygens (including phenoxy) is 2. The predicted molar refractivity (Wildman–Crippen MR) is 60.8 cm³/mol. The van der Waals surface area contributed by atoms with Crippen LogP contribution in [0.4, 0.5) is 0 Å². The number of ketones is 1. The summed E-state index contributed by atoms with van der Waals surface area (Å²) in [6, 6.07) is 3.48. The van der Waals surface area contributed by atoms with E-state index in [0.29, 0.717) is 11.4 Å². The van der Waals surface area contributed by atoms with E-state index in [0.717, 1.165) is 0 Å². The Morgan fingerprint density at radius 1 is 1.29 bits per heavy atom. The van der Waals surface area contributed by atoms with E-state index in [4.69, 9.17) is 4.74 Å². The van der Waals surface area contributed by atoms with Gasteiger partial charge in [0.25, 0.3) is 0 Å². The molecule has 1 heterocycles. The fraction of sp³-hybridized carbons (Fsp3) is 0.417. The van der Waals surface area contributed by atoms with E-state index in [2.05, 4.69) is 9.72 Å². The molecule has 0 unspecified atom stereocenters. The number of methoxy groups -OCH3 is 2. The van der Waals surface area contributed by atoms with Crippen LogP contribution in [0.3, 0.4) is 0 Å². The zero-order chi connectivity index (χ0) is 12.7. The first kappa shape index (κ1) is 13.2. The van der Waals surface area contributed by atoms with Gasteiger partial charge in [0, 0.05) is 12.6 Å². The monoisotopic (exact) mass is 237 g/mol. The number of nitrogens with zero attached hydrogens (tertiary/aromatic N) is 1. The Morgan fingerprint density at radius 2 is 2.06 bits per heavy atom. The van der Waals surface area contributed by atoms with Crippen molar-refractivity contribution < 1.29 is 19.1 Å². The average molecular weight is 237 g/mol.